The molecule has 37 heavy (non-hydrogen) atoms. The van der Waals surface area contributed by atoms with Gasteiger partial charge >= 0.3 is 0 Å². The molecule has 1 N–H and O–H groups in total. The van der Waals surface area contributed by atoms with E-state index in [-0.39, 0.29) is 30.8 Å². The first kappa shape index (κ1) is 30.2. The molecule has 2 rings (SSSR count). The number of carbonyl (C=O) groups excluding carboxylic acids is 2. The number of hydrogen-bond donors (Lipinski definition) is 1. The molecule has 2 atom stereocenters. The number of hydrogen-bond acceptors (Lipinski definition) is 5. The molecule has 2 aromatic carbocycles. The molecule has 2 aromatic rings. The van der Waals surface area contributed by atoms with E-state index in [1.807, 2.05) is 58.0 Å². The third-order valence-electron chi connectivity index (χ3n) is 6.17. The zero-order chi connectivity index (χ0) is 27.4. The number of carbonyl (C=O) groups is 2. The van der Waals surface area contributed by atoms with Gasteiger partial charge in [-0.2, -0.15) is 0 Å². The molecule has 0 bridgehead atoms. The van der Waals surface area contributed by atoms with Crippen molar-refractivity contribution in [3.05, 3.63) is 60.2 Å². The van der Waals surface area contributed by atoms with Gasteiger partial charge in [0.1, 0.15) is 11.8 Å². The smallest absolute Gasteiger partial charge is 0.243 e. The Hall–Kier alpha value is -3.07. The molecule has 0 aromatic heterocycles. The maximum Gasteiger partial charge on any atom is 0.243 e. The first-order chi connectivity index (χ1) is 17.6. The van der Waals surface area contributed by atoms with Gasteiger partial charge < -0.3 is 15.0 Å². The number of anilines is 1. The highest BCUT2D eigenvalue weighted by Gasteiger charge is 2.29. The van der Waals surface area contributed by atoms with Crippen LogP contribution >= 0.6 is 0 Å². The maximum atomic E-state index is 13.5. The molecule has 2 unspecified atom stereocenters. The van der Waals surface area contributed by atoms with Crippen molar-refractivity contribution in [2.24, 2.45) is 0 Å². The monoisotopic (exact) mass is 531 g/mol. The Kier molecular flexibility index (Phi) is 11.9. The summed E-state index contributed by atoms with van der Waals surface area (Å²) in [6, 6.07) is 15.8. The lowest BCUT2D eigenvalue weighted by Crippen LogP contribution is -2.50. The molecule has 8 nitrogen and oxygen atoms in total. The molecule has 0 aliphatic carbocycles. The predicted octanol–water partition coefficient (Wildman–Crippen LogP) is 4.35. The van der Waals surface area contributed by atoms with Crippen molar-refractivity contribution < 1.29 is 22.7 Å². The van der Waals surface area contributed by atoms with Crippen LogP contribution in [0.15, 0.2) is 54.6 Å². The Bertz CT molecular complexity index is 1090. The summed E-state index contributed by atoms with van der Waals surface area (Å²) in [5.74, 6) is 0.302. The van der Waals surface area contributed by atoms with Crippen LogP contribution in [0, 0.1) is 0 Å². The lowest BCUT2D eigenvalue weighted by Gasteiger charge is -2.32. The number of nitrogens with zero attached hydrogens (tertiary/aromatic N) is 2. The molecule has 204 valence electrons. The molecule has 0 heterocycles. The number of sulfonamides is 1. The highest BCUT2D eigenvalue weighted by molar-refractivity contribution is 7.92. The van der Waals surface area contributed by atoms with Crippen molar-refractivity contribution in [2.75, 3.05) is 23.7 Å². The second kappa shape index (κ2) is 14.6. The Morgan fingerprint density at radius 2 is 1.62 bits per heavy atom. The molecule has 0 radical (unpaired) electrons. The van der Waals surface area contributed by atoms with Gasteiger partial charge in [0.2, 0.25) is 21.8 Å². The van der Waals surface area contributed by atoms with Crippen molar-refractivity contribution in [2.45, 2.75) is 72.0 Å². The van der Waals surface area contributed by atoms with Crippen LogP contribution in [0.2, 0.25) is 0 Å². The van der Waals surface area contributed by atoms with E-state index < -0.39 is 16.1 Å². The van der Waals surface area contributed by atoms with E-state index in [4.69, 9.17) is 4.74 Å². The predicted molar refractivity (Wildman–Crippen MR) is 148 cm³/mol. The fraction of sp³-hybridized carbons (Fsp3) is 0.500. The van der Waals surface area contributed by atoms with Crippen molar-refractivity contribution in [1.29, 1.82) is 0 Å². The van der Waals surface area contributed by atoms with Gasteiger partial charge in [0, 0.05) is 25.6 Å². The summed E-state index contributed by atoms with van der Waals surface area (Å²) in [5, 5.41) is 3.00. The Labute approximate surface area is 222 Å². The van der Waals surface area contributed by atoms with Crippen molar-refractivity contribution >= 4 is 27.5 Å². The lowest BCUT2D eigenvalue weighted by atomic mass is 10.1. The molecule has 0 aliphatic rings. The molecule has 0 aliphatic heterocycles. The highest BCUT2D eigenvalue weighted by Crippen LogP contribution is 2.23. The minimum Gasteiger partial charge on any atom is -0.494 e. The largest absolute Gasteiger partial charge is 0.494 e. The van der Waals surface area contributed by atoms with Gasteiger partial charge in [-0.15, -0.1) is 0 Å². The summed E-state index contributed by atoms with van der Waals surface area (Å²) >= 11 is 0. The topological polar surface area (TPSA) is 96.0 Å². The summed E-state index contributed by atoms with van der Waals surface area (Å²) in [7, 11) is -3.56. The van der Waals surface area contributed by atoms with E-state index in [0.717, 1.165) is 18.2 Å². The molecule has 0 saturated heterocycles. The van der Waals surface area contributed by atoms with Crippen LogP contribution in [0.5, 0.6) is 5.75 Å². The maximum absolute atomic E-state index is 13.5. The lowest BCUT2D eigenvalue weighted by molar-refractivity contribution is -0.141. The summed E-state index contributed by atoms with van der Waals surface area (Å²) in [6.07, 6.45) is 2.85. The van der Waals surface area contributed by atoms with Gasteiger partial charge in [-0.25, -0.2) is 8.42 Å². The molecule has 0 spiro atoms. The average Bonchev–Trinajstić information content (AvgIpc) is 2.87. The van der Waals surface area contributed by atoms with Crippen molar-refractivity contribution in [3.8, 4) is 5.75 Å². The molecule has 0 fully saturated rings. The van der Waals surface area contributed by atoms with E-state index in [1.165, 1.54) is 4.31 Å². The zero-order valence-corrected chi connectivity index (χ0v) is 23.5. The van der Waals surface area contributed by atoms with Crippen molar-refractivity contribution in [1.82, 2.24) is 10.2 Å². The molecular weight excluding hydrogens is 490 g/mol. The number of rotatable bonds is 15. The number of amides is 2. The van der Waals surface area contributed by atoms with Gasteiger partial charge in [-0.1, -0.05) is 44.2 Å². The first-order valence-corrected chi connectivity index (χ1v) is 14.8. The van der Waals surface area contributed by atoms with E-state index in [2.05, 4.69) is 5.32 Å². The minimum atomic E-state index is -3.56. The summed E-state index contributed by atoms with van der Waals surface area (Å²) in [5.41, 5.74) is 1.44. The Morgan fingerprint density at radius 1 is 0.973 bits per heavy atom. The van der Waals surface area contributed by atoms with Gasteiger partial charge in [0.25, 0.3) is 0 Å². The molecule has 9 heteroatoms. The quantitative estimate of drug-likeness (QED) is 0.369. The van der Waals surface area contributed by atoms with Crippen LogP contribution < -0.4 is 14.4 Å². The van der Waals surface area contributed by atoms with Crippen LogP contribution in [-0.4, -0.2) is 56.6 Å². The number of benzene rings is 2. The summed E-state index contributed by atoms with van der Waals surface area (Å²) in [4.78, 5) is 28.1. The Balaban J connectivity index is 2.18. The van der Waals surface area contributed by atoms with Gasteiger partial charge in [0.15, 0.2) is 0 Å². The second-order valence-electron chi connectivity index (χ2n) is 9.11. The number of ether oxygens (including phenoxy) is 1. The average molecular weight is 532 g/mol. The van der Waals surface area contributed by atoms with Crippen LogP contribution in [0.1, 0.15) is 58.9 Å². The van der Waals surface area contributed by atoms with E-state index in [1.54, 1.807) is 29.2 Å². The second-order valence-corrected chi connectivity index (χ2v) is 11.0. The minimum absolute atomic E-state index is 0.00709. The van der Waals surface area contributed by atoms with Gasteiger partial charge in [-0.3, -0.25) is 13.9 Å². The van der Waals surface area contributed by atoms with E-state index in [9.17, 15) is 18.0 Å². The van der Waals surface area contributed by atoms with Gasteiger partial charge in [-0.05, 0) is 62.9 Å². The standard InChI is InChI=1S/C28H41N3O5S/c1-6-22(4)29-28(33)26(7-2)30(21-23-13-10-9-11-14-23)27(32)15-12-20-31(37(5,34)35)24-16-18-25(19-17-24)36-8-3/h9-11,13-14,16-19,22,26H,6-8,12,15,20-21H2,1-5H3,(H,29,33). The molecular formula is C28H41N3O5S. The fourth-order valence-electron chi connectivity index (χ4n) is 4.02. The Morgan fingerprint density at radius 3 is 2.16 bits per heavy atom. The highest BCUT2D eigenvalue weighted by atomic mass is 32.2. The van der Waals surface area contributed by atoms with Gasteiger partial charge in [0.05, 0.1) is 18.6 Å². The SMILES string of the molecule is CCOc1ccc(N(CCCC(=O)N(Cc2ccccc2)C(CC)C(=O)NC(C)CC)S(C)(=O)=O)cc1. The van der Waals surface area contributed by atoms with Crippen LogP contribution in [-0.2, 0) is 26.2 Å². The third-order valence-corrected chi connectivity index (χ3v) is 7.36. The zero-order valence-electron chi connectivity index (χ0n) is 22.6. The van der Waals surface area contributed by atoms with Crippen LogP contribution in [0.25, 0.3) is 0 Å². The molecule has 2 amide bonds. The summed E-state index contributed by atoms with van der Waals surface area (Å²) in [6.45, 7) is 8.68. The normalized spacial score (nSPS) is 12.9. The van der Waals surface area contributed by atoms with Crippen LogP contribution in [0.3, 0.4) is 0 Å². The fourth-order valence-corrected chi connectivity index (χ4v) is 4.99. The van der Waals surface area contributed by atoms with E-state index in [0.29, 0.717) is 37.4 Å². The van der Waals surface area contributed by atoms with E-state index >= 15 is 0 Å². The summed E-state index contributed by atoms with van der Waals surface area (Å²) < 4.78 is 31.8. The molecule has 0 saturated carbocycles. The third kappa shape index (κ3) is 9.39. The first-order valence-electron chi connectivity index (χ1n) is 12.9. The van der Waals surface area contributed by atoms with Crippen LogP contribution in [0.4, 0.5) is 5.69 Å². The number of nitrogens with one attached hydrogen (secondary N) is 1. The van der Waals surface area contributed by atoms with Crippen molar-refractivity contribution in [3.63, 3.8) is 0 Å².